The van der Waals surface area contributed by atoms with Crippen LogP contribution in [0.5, 0.6) is 0 Å². The molecule has 1 aromatic carbocycles. The summed E-state index contributed by atoms with van der Waals surface area (Å²) in [5.41, 5.74) is 1.53. The maximum Gasteiger partial charge on any atom is 0.163 e. The molecule has 1 heterocycles. The molecule has 7 heteroatoms. The Bertz CT molecular complexity index is 690. The molecule has 0 saturated heterocycles. The molecule has 5 nitrogen and oxygen atoms in total. The lowest BCUT2D eigenvalue weighted by atomic mass is 10.2. The van der Waals surface area contributed by atoms with Crippen LogP contribution in [0.2, 0.25) is 0 Å². The molecule has 0 aliphatic carbocycles. The number of aliphatic hydroxyl groups is 1. The standard InChI is InChI=1S/C13H10FIN4O/c14-11-4-2-1-3-9(11)7-19-13(12(8-20)17-15)5-10(6-16)18-19/h1-5,8,17,20H,7H2/b12-8-. The lowest BCUT2D eigenvalue weighted by Crippen LogP contribution is -2.10. The normalized spacial score (nSPS) is 11.2. The van der Waals surface area contributed by atoms with Crippen LogP contribution in [0.4, 0.5) is 4.39 Å². The summed E-state index contributed by atoms with van der Waals surface area (Å²) in [6, 6.07) is 9.79. The zero-order chi connectivity index (χ0) is 14.5. The number of benzene rings is 1. The molecule has 2 rings (SSSR count). The minimum absolute atomic E-state index is 0.166. The highest BCUT2D eigenvalue weighted by atomic mass is 127. The lowest BCUT2D eigenvalue weighted by molar-refractivity contribution is 0.473. The zero-order valence-corrected chi connectivity index (χ0v) is 12.4. The van der Waals surface area contributed by atoms with Crippen LogP contribution >= 0.6 is 22.9 Å². The van der Waals surface area contributed by atoms with Gasteiger partial charge in [-0.1, -0.05) is 18.2 Å². The first-order chi connectivity index (χ1) is 9.69. The van der Waals surface area contributed by atoms with Crippen LogP contribution in [0.15, 0.2) is 36.6 Å². The molecule has 0 spiro atoms. The van der Waals surface area contributed by atoms with E-state index >= 15 is 0 Å². The van der Waals surface area contributed by atoms with E-state index < -0.39 is 0 Å². The molecule has 0 amide bonds. The molecule has 2 N–H and O–H groups in total. The van der Waals surface area contributed by atoms with Gasteiger partial charge in [-0.25, -0.2) is 4.39 Å². The second-order valence-corrected chi connectivity index (χ2v) is 4.45. The van der Waals surface area contributed by atoms with Gasteiger partial charge in [0.1, 0.15) is 23.8 Å². The number of nitrogens with zero attached hydrogens (tertiary/aromatic N) is 3. The van der Waals surface area contributed by atoms with Gasteiger partial charge in [0.25, 0.3) is 0 Å². The Hall–Kier alpha value is -2.08. The first kappa shape index (κ1) is 14.3. The molecular formula is C13H10FIN4O. The fourth-order valence-corrected chi connectivity index (χ4v) is 2.15. The average molecular weight is 384 g/mol. The van der Waals surface area contributed by atoms with Crippen molar-refractivity contribution in [2.75, 3.05) is 0 Å². The fourth-order valence-electron chi connectivity index (χ4n) is 1.74. The Kier molecular flexibility index (Phi) is 4.57. The molecule has 0 atom stereocenters. The van der Waals surface area contributed by atoms with E-state index in [2.05, 4.69) is 8.63 Å². The van der Waals surface area contributed by atoms with Crippen molar-refractivity contribution < 1.29 is 9.50 Å². The van der Waals surface area contributed by atoms with E-state index in [9.17, 15) is 9.50 Å². The minimum Gasteiger partial charge on any atom is -0.513 e. The maximum atomic E-state index is 13.7. The van der Waals surface area contributed by atoms with Crippen LogP contribution in [0.3, 0.4) is 0 Å². The van der Waals surface area contributed by atoms with Gasteiger partial charge in [-0.05, 0) is 6.07 Å². The predicted octanol–water partition coefficient (Wildman–Crippen LogP) is 2.74. The highest BCUT2D eigenvalue weighted by molar-refractivity contribution is 14.1. The summed E-state index contributed by atoms with van der Waals surface area (Å²) in [7, 11) is 0. The van der Waals surface area contributed by atoms with Crippen molar-refractivity contribution in [1.29, 1.82) is 5.26 Å². The van der Waals surface area contributed by atoms with Gasteiger partial charge in [0, 0.05) is 11.6 Å². The first-order valence-electron chi connectivity index (χ1n) is 5.62. The highest BCUT2D eigenvalue weighted by Gasteiger charge is 2.13. The number of hydrogen-bond acceptors (Lipinski definition) is 4. The Labute approximate surface area is 128 Å². The van der Waals surface area contributed by atoms with E-state index in [0.717, 1.165) is 6.26 Å². The monoisotopic (exact) mass is 384 g/mol. The topological polar surface area (TPSA) is 73.9 Å². The Morgan fingerprint density at radius 2 is 2.30 bits per heavy atom. The van der Waals surface area contributed by atoms with Crippen molar-refractivity contribution >= 4 is 28.6 Å². The third-order valence-corrected chi connectivity index (χ3v) is 3.26. The SMILES string of the molecule is N#Cc1cc(/C(=C/O)NI)n(Cc2ccccc2F)n1. The Morgan fingerprint density at radius 3 is 2.90 bits per heavy atom. The van der Waals surface area contributed by atoms with Crippen LogP contribution in [0, 0.1) is 17.1 Å². The molecule has 0 saturated carbocycles. The Morgan fingerprint density at radius 1 is 1.55 bits per heavy atom. The summed E-state index contributed by atoms with van der Waals surface area (Å²) in [5, 5.41) is 22.2. The molecule has 20 heavy (non-hydrogen) atoms. The molecule has 0 bridgehead atoms. The van der Waals surface area contributed by atoms with Gasteiger partial charge in [0.15, 0.2) is 5.69 Å². The number of aromatic nitrogens is 2. The molecule has 2 aromatic rings. The Balaban J connectivity index is 2.44. The molecule has 1 aromatic heterocycles. The molecular weight excluding hydrogens is 374 g/mol. The van der Waals surface area contributed by atoms with Gasteiger partial charge < -0.3 is 8.64 Å². The predicted molar refractivity (Wildman–Crippen MR) is 80.2 cm³/mol. The van der Waals surface area contributed by atoms with Gasteiger partial charge in [0.05, 0.1) is 35.1 Å². The third kappa shape index (κ3) is 2.91. The van der Waals surface area contributed by atoms with Crippen LogP contribution < -0.4 is 3.53 Å². The van der Waals surface area contributed by atoms with Crippen molar-refractivity contribution in [2.45, 2.75) is 6.54 Å². The van der Waals surface area contributed by atoms with E-state index in [4.69, 9.17) is 5.26 Å². The molecule has 102 valence electrons. The van der Waals surface area contributed by atoms with Crippen molar-refractivity contribution in [3.63, 3.8) is 0 Å². The van der Waals surface area contributed by atoms with Crippen molar-refractivity contribution in [3.8, 4) is 6.07 Å². The quantitative estimate of drug-likeness (QED) is 0.483. The summed E-state index contributed by atoms with van der Waals surface area (Å²) in [5.74, 6) is -0.343. The molecule has 0 aliphatic rings. The average Bonchev–Trinajstić information content (AvgIpc) is 2.86. The van der Waals surface area contributed by atoms with E-state index in [1.54, 1.807) is 18.2 Å². The van der Waals surface area contributed by atoms with Gasteiger partial charge in [0.2, 0.25) is 0 Å². The number of halogens is 2. The minimum atomic E-state index is -0.343. The summed E-state index contributed by atoms with van der Waals surface area (Å²) in [6.45, 7) is 0.166. The van der Waals surface area contributed by atoms with Crippen molar-refractivity contribution in [1.82, 2.24) is 13.3 Å². The molecule has 0 aliphatic heterocycles. The number of hydrogen-bond donors (Lipinski definition) is 2. The van der Waals surface area contributed by atoms with Crippen LogP contribution in [-0.4, -0.2) is 14.9 Å². The zero-order valence-electron chi connectivity index (χ0n) is 10.2. The smallest absolute Gasteiger partial charge is 0.163 e. The number of nitrogens with one attached hydrogen (secondary N) is 1. The summed E-state index contributed by atoms with van der Waals surface area (Å²) in [4.78, 5) is 0. The van der Waals surface area contributed by atoms with E-state index in [-0.39, 0.29) is 18.1 Å². The second kappa shape index (κ2) is 6.38. The third-order valence-electron chi connectivity index (χ3n) is 2.68. The van der Waals surface area contributed by atoms with Gasteiger partial charge in [-0.2, -0.15) is 10.4 Å². The fraction of sp³-hybridized carbons (Fsp3) is 0.0769. The summed E-state index contributed by atoms with van der Waals surface area (Å²) >= 11 is 1.85. The van der Waals surface area contributed by atoms with Crippen molar-refractivity contribution in [3.05, 3.63) is 59.4 Å². The first-order valence-corrected chi connectivity index (χ1v) is 6.70. The molecule has 0 unspecified atom stereocenters. The number of aliphatic hydroxyl groups excluding tert-OH is 1. The number of rotatable bonds is 4. The van der Waals surface area contributed by atoms with E-state index in [1.807, 2.05) is 28.9 Å². The van der Waals surface area contributed by atoms with Crippen LogP contribution in [0.25, 0.3) is 5.70 Å². The summed E-state index contributed by atoms with van der Waals surface area (Å²) < 4.78 is 17.9. The summed E-state index contributed by atoms with van der Waals surface area (Å²) in [6.07, 6.45) is 0.877. The van der Waals surface area contributed by atoms with Gasteiger partial charge >= 0.3 is 0 Å². The maximum absolute atomic E-state index is 13.7. The van der Waals surface area contributed by atoms with Gasteiger partial charge in [-0.3, -0.25) is 4.68 Å². The largest absolute Gasteiger partial charge is 0.513 e. The van der Waals surface area contributed by atoms with Gasteiger partial charge in [-0.15, -0.1) is 0 Å². The van der Waals surface area contributed by atoms with E-state index in [1.165, 1.54) is 16.8 Å². The molecule has 0 radical (unpaired) electrons. The van der Waals surface area contributed by atoms with Crippen molar-refractivity contribution in [2.24, 2.45) is 0 Å². The second-order valence-electron chi connectivity index (χ2n) is 3.91. The number of nitriles is 1. The van der Waals surface area contributed by atoms with Crippen LogP contribution in [-0.2, 0) is 6.54 Å². The highest BCUT2D eigenvalue weighted by Crippen LogP contribution is 2.17. The lowest BCUT2D eigenvalue weighted by Gasteiger charge is -2.09. The van der Waals surface area contributed by atoms with Crippen LogP contribution in [0.1, 0.15) is 17.0 Å². The van der Waals surface area contributed by atoms with E-state index in [0.29, 0.717) is 17.0 Å². The molecule has 0 fully saturated rings.